The summed E-state index contributed by atoms with van der Waals surface area (Å²) in [6, 6.07) is 6.67. The second kappa shape index (κ2) is 5.61. The molecule has 1 aliphatic rings. The molecule has 2 N–H and O–H groups in total. The highest BCUT2D eigenvalue weighted by atomic mass is 16.5. The molecule has 0 atom stereocenters. The molecule has 18 heavy (non-hydrogen) atoms. The van der Waals surface area contributed by atoms with Crippen LogP contribution < -0.4 is 10.5 Å². The zero-order valence-corrected chi connectivity index (χ0v) is 11.6. The van der Waals surface area contributed by atoms with Gasteiger partial charge in [0.25, 0.3) is 0 Å². The Morgan fingerprint density at radius 1 is 1.39 bits per heavy atom. The maximum absolute atomic E-state index is 5.95. The first-order valence-electron chi connectivity index (χ1n) is 6.76. The van der Waals surface area contributed by atoms with E-state index in [1.807, 2.05) is 12.1 Å². The molecule has 100 valence electrons. The predicted molar refractivity (Wildman–Crippen MR) is 75.7 cm³/mol. The van der Waals surface area contributed by atoms with Gasteiger partial charge in [0.1, 0.15) is 5.75 Å². The number of hydrogen-bond acceptors (Lipinski definition) is 3. The van der Waals surface area contributed by atoms with Gasteiger partial charge in [0, 0.05) is 19.1 Å². The number of nitrogens with zero attached hydrogens (tertiary/aromatic N) is 1. The summed E-state index contributed by atoms with van der Waals surface area (Å²) in [5.41, 5.74) is 7.95. The fraction of sp³-hybridized carbons (Fsp3) is 0.600. The van der Waals surface area contributed by atoms with Crippen molar-refractivity contribution in [2.24, 2.45) is 5.92 Å². The molecule has 0 spiro atoms. The molecule has 0 bridgehead atoms. The van der Waals surface area contributed by atoms with Crippen LogP contribution in [0.4, 0.5) is 5.69 Å². The Labute approximate surface area is 110 Å². The minimum atomic E-state index is 0.578. The molecule has 0 unspecified atom stereocenters. The Bertz CT molecular complexity index is 399. The van der Waals surface area contributed by atoms with E-state index in [0.29, 0.717) is 6.04 Å². The number of anilines is 1. The largest absolute Gasteiger partial charge is 0.495 e. The van der Waals surface area contributed by atoms with Gasteiger partial charge in [-0.25, -0.2) is 0 Å². The third-order valence-electron chi connectivity index (χ3n) is 3.60. The zero-order chi connectivity index (χ0) is 13.1. The summed E-state index contributed by atoms with van der Waals surface area (Å²) in [7, 11) is 1.65. The topological polar surface area (TPSA) is 38.5 Å². The average molecular weight is 248 g/mol. The standard InChI is InChI=1S/C15H24N2O/c1-11(2)17(9-12-4-5-12)10-13-6-7-15(18-3)14(16)8-13/h6-8,11-12H,4-5,9-10,16H2,1-3H3. The van der Waals surface area contributed by atoms with E-state index in [9.17, 15) is 0 Å². The summed E-state index contributed by atoms with van der Waals surface area (Å²) in [5, 5.41) is 0. The van der Waals surface area contributed by atoms with Gasteiger partial charge in [0.15, 0.2) is 0 Å². The predicted octanol–water partition coefficient (Wildman–Crippen LogP) is 2.90. The normalized spacial score (nSPS) is 15.4. The van der Waals surface area contributed by atoms with Gasteiger partial charge in [0.2, 0.25) is 0 Å². The number of nitrogen functional groups attached to an aromatic ring is 1. The molecule has 3 nitrogen and oxygen atoms in total. The molecule has 1 aromatic rings. The Kier molecular flexibility index (Phi) is 4.12. The lowest BCUT2D eigenvalue weighted by molar-refractivity contribution is 0.204. The van der Waals surface area contributed by atoms with Crippen LogP contribution in [0.2, 0.25) is 0 Å². The van der Waals surface area contributed by atoms with Gasteiger partial charge < -0.3 is 10.5 Å². The van der Waals surface area contributed by atoms with Crippen LogP contribution in [0.15, 0.2) is 18.2 Å². The van der Waals surface area contributed by atoms with Crippen molar-refractivity contribution in [3.8, 4) is 5.75 Å². The molecular formula is C15H24N2O. The van der Waals surface area contributed by atoms with Crippen LogP contribution >= 0.6 is 0 Å². The summed E-state index contributed by atoms with van der Waals surface area (Å²) in [5.74, 6) is 1.68. The smallest absolute Gasteiger partial charge is 0.141 e. The fourth-order valence-corrected chi connectivity index (χ4v) is 2.21. The maximum atomic E-state index is 5.95. The van der Waals surface area contributed by atoms with Crippen molar-refractivity contribution in [3.05, 3.63) is 23.8 Å². The lowest BCUT2D eigenvalue weighted by atomic mass is 10.1. The second-order valence-electron chi connectivity index (χ2n) is 5.54. The average Bonchev–Trinajstić information content (AvgIpc) is 3.12. The molecule has 0 aromatic heterocycles. The summed E-state index contributed by atoms with van der Waals surface area (Å²) in [4.78, 5) is 2.53. The van der Waals surface area contributed by atoms with E-state index < -0.39 is 0 Å². The summed E-state index contributed by atoms with van der Waals surface area (Å²) in [6.45, 7) is 6.70. The molecule has 2 rings (SSSR count). The monoisotopic (exact) mass is 248 g/mol. The minimum Gasteiger partial charge on any atom is -0.495 e. The fourth-order valence-electron chi connectivity index (χ4n) is 2.21. The molecule has 1 fully saturated rings. The molecular weight excluding hydrogens is 224 g/mol. The SMILES string of the molecule is COc1ccc(CN(CC2CC2)C(C)C)cc1N. The number of nitrogens with two attached hydrogens (primary N) is 1. The van der Waals surface area contributed by atoms with Crippen LogP contribution in [0.25, 0.3) is 0 Å². The molecule has 0 saturated heterocycles. The van der Waals surface area contributed by atoms with Crippen molar-refractivity contribution < 1.29 is 4.74 Å². The number of hydrogen-bond donors (Lipinski definition) is 1. The van der Waals surface area contributed by atoms with E-state index in [2.05, 4.69) is 24.8 Å². The summed E-state index contributed by atoms with van der Waals surface area (Å²) >= 11 is 0. The third kappa shape index (κ3) is 3.39. The number of benzene rings is 1. The van der Waals surface area contributed by atoms with E-state index >= 15 is 0 Å². The molecule has 1 saturated carbocycles. The van der Waals surface area contributed by atoms with Crippen LogP contribution in [0, 0.1) is 5.92 Å². The van der Waals surface area contributed by atoms with Gasteiger partial charge in [0.05, 0.1) is 12.8 Å². The van der Waals surface area contributed by atoms with Crippen molar-refractivity contribution in [2.75, 3.05) is 19.4 Å². The minimum absolute atomic E-state index is 0.578. The van der Waals surface area contributed by atoms with E-state index in [1.54, 1.807) is 7.11 Å². The third-order valence-corrected chi connectivity index (χ3v) is 3.60. The summed E-state index contributed by atoms with van der Waals surface area (Å²) in [6.07, 6.45) is 2.79. The Morgan fingerprint density at radius 3 is 2.61 bits per heavy atom. The number of methoxy groups -OCH3 is 1. The zero-order valence-electron chi connectivity index (χ0n) is 11.6. The van der Waals surface area contributed by atoms with Crippen LogP contribution in [-0.2, 0) is 6.54 Å². The number of ether oxygens (including phenoxy) is 1. The molecule has 3 heteroatoms. The van der Waals surface area contributed by atoms with Crippen molar-refractivity contribution in [1.29, 1.82) is 0 Å². The van der Waals surface area contributed by atoms with Crippen molar-refractivity contribution >= 4 is 5.69 Å². The quantitative estimate of drug-likeness (QED) is 0.787. The highest BCUT2D eigenvalue weighted by Crippen LogP contribution is 2.31. The van der Waals surface area contributed by atoms with Crippen molar-refractivity contribution in [3.63, 3.8) is 0 Å². The molecule has 0 radical (unpaired) electrons. The maximum Gasteiger partial charge on any atom is 0.141 e. The molecule has 0 heterocycles. The Hall–Kier alpha value is -1.22. The van der Waals surface area contributed by atoms with Gasteiger partial charge in [-0.15, -0.1) is 0 Å². The van der Waals surface area contributed by atoms with Gasteiger partial charge in [-0.1, -0.05) is 6.07 Å². The van der Waals surface area contributed by atoms with Gasteiger partial charge in [-0.3, -0.25) is 4.90 Å². The van der Waals surface area contributed by atoms with E-state index in [4.69, 9.17) is 10.5 Å². The van der Waals surface area contributed by atoms with E-state index in [0.717, 1.165) is 23.9 Å². The summed E-state index contributed by atoms with van der Waals surface area (Å²) < 4.78 is 5.19. The first kappa shape index (κ1) is 13.2. The highest BCUT2D eigenvalue weighted by molar-refractivity contribution is 5.54. The van der Waals surface area contributed by atoms with Crippen LogP contribution in [0.3, 0.4) is 0 Å². The Morgan fingerprint density at radius 2 is 2.11 bits per heavy atom. The molecule has 0 aliphatic heterocycles. The van der Waals surface area contributed by atoms with Gasteiger partial charge in [-0.2, -0.15) is 0 Å². The molecule has 1 aromatic carbocycles. The molecule has 1 aliphatic carbocycles. The lowest BCUT2D eigenvalue weighted by Gasteiger charge is -2.26. The van der Waals surface area contributed by atoms with E-state index in [1.165, 1.54) is 24.9 Å². The lowest BCUT2D eigenvalue weighted by Crippen LogP contribution is -2.32. The highest BCUT2D eigenvalue weighted by Gasteiger charge is 2.25. The van der Waals surface area contributed by atoms with E-state index in [-0.39, 0.29) is 0 Å². The molecule has 0 amide bonds. The van der Waals surface area contributed by atoms with Crippen LogP contribution in [0.5, 0.6) is 5.75 Å². The first-order valence-corrected chi connectivity index (χ1v) is 6.76. The first-order chi connectivity index (χ1) is 8.60. The Balaban J connectivity index is 2.03. The van der Waals surface area contributed by atoms with Crippen molar-refractivity contribution in [2.45, 2.75) is 39.3 Å². The van der Waals surface area contributed by atoms with Crippen LogP contribution in [0.1, 0.15) is 32.3 Å². The second-order valence-corrected chi connectivity index (χ2v) is 5.54. The van der Waals surface area contributed by atoms with Crippen molar-refractivity contribution in [1.82, 2.24) is 4.90 Å². The van der Waals surface area contributed by atoms with Gasteiger partial charge in [-0.05, 0) is 50.3 Å². The number of rotatable bonds is 6. The van der Waals surface area contributed by atoms with Crippen LogP contribution in [-0.4, -0.2) is 24.6 Å². The van der Waals surface area contributed by atoms with Gasteiger partial charge >= 0.3 is 0 Å².